The van der Waals surface area contributed by atoms with Gasteiger partial charge in [-0.15, -0.1) is 0 Å². The Morgan fingerprint density at radius 1 is 1.33 bits per heavy atom. The second-order valence-corrected chi connectivity index (χ2v) is 2.77. The number of carbonyl (C=O) groups is 1. The molecule has 0 saturated heterocycles. The third-order valence-corrected chi connectivity index (χ3v) is 1.72. The quantitative estimate of drug-likeness (QED) is 0.805. The molecule has 1 aromatic carbocycles. The first kappa shape index (κ1) is 14.5. The van der Waals surface area contributed by atoms with E-state index in [1.165, 1.54) is 6.92 Å². The zero-order valence-electron chi connectivity index (χ0n) is 10.8. The summed E-state index contributed by atoms with van der Waals surface area (Å²) in [5.41, 5.74) is 0. The van der Waals surface area contributed by atoms with Gasteiger partial charge >= 0.3 is 43.7 Å². The summed E-state index contributed by atoms with van der Waals surface area (Å²) < 4.78 is 10.1. The molecule has 4 nitrogen and oxygen atoms in total. The first-order valence-electron chi connectivity index (χ1n) is 4.17. The summed E-state index contributed by atoms with van der Waals surface area (Å²) in [6.45, 7) is 1.48. The maximum Gasteiger partial charge on any atom is 2.00 e. The van der Waals surface area contributed by atoms with E-state index >= 15 is 0 Å². The van der Waals surface area contributed by atoms with Gasteiger partial charge in [0, 0.05) is 0 Å². The van der Waals surface area contributed by atoms with Crippen molar-refractivity contribution >= 4 is 43.7 Å². The number of ether oxygens (including phenoxy) is 2. The number of hydrogen-bond donors (Lipinski definition) is 1. The molecule has 1 aromatic rings. The largest absolute Gasteiger partial charge is 2.00 e. The van der Waals surface area contributed by atoms with Gasteiger partial charge in [0.15, 0.2) is 6.10 Å². The van der Waals surface area contributed by atoms with E-state index in [-0.39, 0.29) is 40.6 Å². The number of carboxylic acids is 1. The van der Waals surface area contributed by atoms with Crippen molar-refractivity contribution in [1.82, 2.24) is 0 Å². The van der Waals surface area contributed by atoms with Gasteiger partial charge in [0.1, 0.15) is 11.5 Å². The Bertz CT molecular complexity index is 319. The summed E-state index contributed by atoms with van der Waals surface area (Å²) >= 11 is 0. The van der Waals surface area contributed by atoms with Crippen LogP contribution >= 0.6 is 0 Å². The van der Waals surface area contributed by atoms with E-state index in [2.05, 4.69) is 0 Å². The van der Waals surface area contributed by atoms with Gasteiger partial charge in [-0.3, -0.25) is 0 Å². The van der Waals surface area contributed by atoms with Gasteiger partial charge in [-0.1, -0.05) is 0 Å². The average Bonchev–Trinajstić information content (AvgIpc) is 2.19. The molecule has 1 rings (SSSR count). The second-order valence-electron chi connectivity index (χ2n) is 2.77. The van der Waals surface area contributed by atoms with Crippen molar-refractivity contribution in [3.05, 3.63) is 24.3 Å². The second kappa shape index (κ2) is 6.93. The predicted molar refractivity (Wildman–Crippen MR) is 58.7 cm³/mol. The molecule has 0 aliphatic rings. The fourth-order valence-electron chi connectivity index (χ4n) is 0.909. The van der Waals surface area contributed by atoms with E-state index in [0.29, 0.717) is 11.5 Å². The molecule has 15 heavy (non-hydrogen) atoms. The van der Waals surface area contributed by atoms with Crippen molar-refractivity contribution in [2.45, 2.75) is 13.0 Å². The summed E-state index contributed by atoms with van der Waals surface area (Å²) in [6, 6.07) is 6.75. The monoisotopic (exact) mass is 238 g/mol. The molecule has 1 atom stereocenters. The Balaban J connectivity index is -0.000000653. The molecule has 0 heterocycles. The normalized spacial score (nSPS) is 11.1. The van der Waals surface area contributed by atoms with Gasteiger partial charge in [-0.2, -0.15) is 0 Å². The van der Waals surface area contributed by atoms with Gasteiger partial charge in [-0.25, -0.2) is 4.79 Å². The zero-order valence-corrected chi connectivity index (χ0v) is 11.0. The third-order valence-electron chi connectivity index (χ3n) is 1.72. The van der Waals surface area contributed by atoms with Crippen LogP contribution in [0.25, 0.3) is 0 Å². The van der Waals surface area contributed by atoms with Crippen LogP contribution in [0.15, 0.2) is 24.3 Å². The molecule has 1 N–H and O–H groups in total. The van der Waals surface area contributed by atoms with Crippen LogP contribution in [0.2, 0.25) is 0 Å². The molecule has 0 spiro atoms. The minimum atomic E-state index is -0.985. The minimum absolute atomic E-state index is 0. The van der Waals surface area contributed by atoms with Gasteiger partial charge in [0.25, 0.3) is 0 Å². The Morgan fingerprint density at radius 3 is 2.20 bits per heavy atom. The van der Waals surface area contributed by atoms with Crippen LogP contribution in [0.1, 0.15) is 9.78 Å². The number of aliphatic carboxylic acids is 1. The van der Waals surface area contributed by atoms with Crippen molar-refractivity contribution in [2.75, 3.05) is 7.11 Å². The zero-order chi connectivity index (χ0) is 10.6. The summed E-state index contributed by atoms with van der Waals surface area (Å²) in [5.74, 6) is 0.238. The van der Waals surface area contributed by atoms with Crippen LogP contribution in [0.3, 0.4) is 0 Å². The number of methoxy groups -OCH3 is 1. The van der Waals surface area contributed by atoms with Crippen molar-refractivity contribution in [2.24, 2.45) is 0 Å². The van der Waals surface area contributed by atoms with Crippen molar-refractivity contribution in [3.63, 3.8) is 0 Å². The number of rotatable bonds is 4. The Hall–Kier alpha value is -0.450. The van der Waals surface area contributed by atoms with E-state index < -0.39 is 12.1 Å². The fraction of sp³-hybridized carbons (Fsp3) is 0.300. The molecule has 0 radical (unpaired) electrons. The van der Waals surface area contributed by atoms with E-state index in [1.54, 1.807) is 31.4 Å². The third kappa shape index (κ3) is 4.73. The average molecular weight is 238 g/mol. The van der Waals surface area contributed by atoms with Crippen molar-refractivity contribution in [3.8, 4) is 11.5 Å². The van der Waals surface area contributed by atoms with Crippen LogP contribution < -0.4 is 9.47 Å². The van der Waals surface area contributed by atoms with Crippen LogP contribution in [-0.2, 0) is 4.79 Å². The van der Waals surface area contributed by atoms with E-state index in [4.69, 9.17) is 14.6 Å². The molecule has 0 saturated carbocycles. The molecule has 1 unspecified atom stereocenters. The van der Waals surface area contributed by atoms with E-state index in [1.807, 2.05) is 0 Å². The van der Waals surface area contributed by atoms with Crippen LogP contribution in [-0.4, -0.2) is 62.0 Å². The van der Waals surface area contributed by atoms with Gasteiger partial charge in [-0.05, 0) is 31.2 Å². The van der Waals surface area contributed by atoms with E-state index in [9.17, 15) is 4.79 Å². The molecular formula is C10H14CaO4. The predicted octanol–water partition coefficient (Wildman–Crippen LogP) is 1.39. The minimum Gasteiger partial charge on any atom is -1.00 e. The van der Waals surface area contributed by atoms with Crippen LogP contribution in [0, 0.1) is 0 Å². The topological polar surface area (TPSA) is 55.8 Å². The fourth-order valence-corrected chi connectivity index (χ4v) is 0.909. The molecule has 0 amide bonds. The van der Waals surface area contributed by atoms with Crippen LogP contribution in [0.4, 0.5) is 0 Å². The summed E-state index contributed by atoms with van der Waals surface area (Å²) in [4.78, 5) is 10.5. The molecule has 0 aliphatic heterocycles. The van der Waals surface area contributed by atoms with Gasteiger partial charge in [0.2, 0.25) is 0 Å². The number of hydrogen-bond acceptors (Lipinski definition) is 3. The number of carboxylic acid groups (broad SMARTS) is 1. The van der Waals surface area contributed by atoms with Crippen LogP contribution in [0.5, 0.6) is 11.5 Å². The Labute approximate surface area is 121 Å². The van der Waals surface area contributed by atoms with Gasteiger partial charge in [0.05, 0.1) is 7.11 Å². The summed E-state index contributed by atoms with van der Waals surface area (Å²) in [6.07, 6.45) is -0.844. The standard InChI is InChI=1S/C10H12O4.Ca.2H/c1-7(10(11)12)14-9-5-3-8(13-2)4-6-9;;;/h3-7H,1-2H3,(H,11,12);;;/q;+2;2*-1. The first-order chi connectivity index (χ1) is 6.63. The summed E-state index contributed by atoms with van der Waals surface area (Å²) in [5, 5.41) is 8.59. The molecule has 80 valence electrons. The maximum absolute atomic E-state index is 10.5. The smallest absolute Gasteiger partial charge is 1.00 e. The molecule has 0 aliphatic carbocycles. The summed E-state index contributed by atoms with van der Waals surface area (Å²) in [7, 11) is 1.57. The van der Waals surface area contributed by atoms with Crippen molar-refractivity contribution in [1.29, 1.82) is 0 Å². The molecule has 0 bridgehead atoms. The number of benzene rings is 1. The van der Waals surface area contributed by atoms with E-state index in [0.717, 1.165) is 0 Å². The first-order valence-corrected chi connectivity index (χ1v) is 4.17. The van der Waals surface area contributed by atoms with Crippen molar-refractivity contribution < 1.29 is 22.2 Å². The Morgan fingerprint density at radius 2 is 1.80 bits per heavy atom. The van der Waals surface area contributed by atoms with Gasteiger partial charge < -0.3 is 17.4 Å². The SMILES string of the molecule is COc1ccc(OC(C)C(=O)O)cc1.[Ca+2].[H-].[H-]. The molecule has 5 heteroatoms. The molecule has 0 fully saturated rings. The molecule has 0 aromatic heterocycles. The maximum atomic E-state index is 10.5. The Kier molecular flexibility index (Phi) is 6.72. The molecular weight excluding hydrogens is 224 g/mol.